The summed E-state index contributed by atoms with van der Waals surface area (Å²) in [5.74, 6) is -0.0208. The first-order valence-electron chi connectivity index (χ1n) is 10.8. The van der Waals surface area contributed by atoms with E-state index in [1.165, 1.54) is 0 Å². The molecule has 3 aromatic rings. The number of nitrogens with one attached hydrogen (secondary N) is 2. The Kier molecular flexibility index (Phi) is 6.68. The molecule has 33 heavy (non-hydrogen) atoms. The Balaban J connectivity index is 1.43. The minimum Gasteiger partial charge on any atom is -0.379 e. The molecule has 4 rings (SSSR count). The van der Waals surface area contributed by atoms with Gasteiger partial charge >= 0.3 is 0 Å². The van der Waals surface area contributed by atoms with Gasteiger partial charge in [0, 0.05) is 57.1 Å². The fourth-order valence-corrected chi connectivity index (χ4v) is 3.75. The molecule has 1 fully saturated rings. The Labute approximate surface area is 192 Å². The third-order valence-corrected chi connectivity index (χ3v) is 5.58. The highest BCUT2D eigenvalue weighted by atomic mass is 16.2. The van der Waals surface area contributed by atoms with Gasteiger partial charge in [-0.1, -0.05) is 30.3 Å². The molecule has 0 spiro atoms. The van der Waals surface area contributed by atoms with E-state index in [4.69, 9.17) is 5.73 Å². The van der Waals surface area contributed by atoms with Crippen LogP contribution in [0.15, 0.2) is 60.7 Å². The van der Waals surface area contributed by atoms with Crippen molar-refractivity contribution in [3.63, 3.8) is 0 Å². The number of benzene rings is 2. The van der Waals surface area contributed by atoms with Crippen molar-refractivity contribution in [1.82, 2.24) is 15.1 Å². The number of nitrogens with zero attached hydrogens (tertiary/aromatic N) is 4. The fraction of sp³-hybridized carbons (Fsp3) is 0.250. The van der Waals surface area contributed by atoms with Crippen molar-refractivity contribution >= 4 is 34.7 Å². The lowest BCUT2D eigenvalue weighted by Crippen LogP contribution is -2.48. The number of hydrogen-bond donors (Lipinski definition) is 3. The van der Waals surface area contributed by atoms with Gasteiger partial charge in [0.1, 0.15) is 0 Å². The maximum absolute atomic E-state index is 11.8. The highest BCUT2D eigenvalue weighted by molar-refractivity contribution is 5.96. The first-order valence-corrected chi connectivity index (χ1v) is 10.8. The zero-order valence-electron chi connectivity index (χ0n) is 18.5. The van der Waals surface area contributed by atoms with Gasteiger partial charge in [-0.2, -0.15) is 0 Å². The molecule has 2 aromatic carbocycles. The van der Waals surface area contributed by atoms with Crippen LogP contribution in [0.1, 0.15) is 23.0 Å². The van der Waals surface area contributed by atoms with Gasteiger partial charge in [-0.05, 0) is 29.8 Å². The molecule has 2 heterocycles. The van der Waals surface area contributed by atoms with Crippen LogP contribution in [0, 0.1) is 0 Å². The minimum atomic E-state index is -0.640. The van der Waals surface area contributed by atoms with Gasteiger partial charge in [-0.25, -0.2) is 0 Å². The van der Waals surface area contributed by atoms with Gasteiger partial charge < -0.3 is 26.2 Å². The number of carbonyl (C=O) groups excluding carboxylic acids is 2. The van der Waals surface area contributed by atoms with E-state index in [0.29, 0.717) is 18.1 Å². The molecule has 1 saturated heterocycles. The molecule has 1 aliphatic rings. The van der Waals surface area contributed by atoms with Crippen LogP contribution in [0.3, 0.4) is 0 Å². The van der Waals surface area contributed by atoms with E-state index in [9.17, 15) is 9.59 Å². The van der Waals surface area contributed by atoms with Gasteiger partial charge in [-0.3, -0.25) is 9.59 Å². The molecule has 9 nitrogen and oxygen atoms in total. The SMILES string of the molecule is CC(=O)N1CCN(c2ccc(Nc3cc(NCc4ccccc4)c(C(N)=O)nn3)cc2)CC1. The van der Waals surface area contributed by atoms with E-state index in [-0.39, 0.29) is 11.6 Å². The van der Waals surface area contributed by atoms with Crippen molar-refractivity contribution in [2.75, 3.05) is 41.7 Å². The summed E-state index contributed by atoms with van der Waals surface area (Å²) < 4.78 is 0. The molecule has 1 aromatic heterocycles. The number of carbonyl (C=O) groups is 2. The maximum Gasteiger partial charge on any atom is 0.271 e. The van der Waals surface area contributed by atoms with Crippen LogP contribution in [-0.2, 0) is 11.3 Å². The molecule has 0 bridgehead atoms. The summed E-state index contributed by atoms with van der Waals surface area (Å²) in [6, 6.07) is 19.6. The van der Waals surface area contributed by atoms with Crippen molar-refractivity contribution < 1.29 is 9.59 Å². The normalized spacial score (nSPS) is 13.5. The number of anilines is 4. The fourth-order valence-electron chi connectivity index (χ4n) is 3.75. The molecule has 0 saturated carbocycles. The molecule has 1 aliphatic heterocycles. The van der Waals surface area contributed by atoms with Crippen molar-refractivity contribution in [3.8, 4) is 0 Å². The molecule has 4 N–H and O–H groups in total. The molecule has 9 heteroatoms. The van der Waals surface area contributed by atoms with E-state index in [1.807, 2.05) is 59.5 Å². The first-order chi connectivity index (χ1) is 16.0. The number of aromatic nitrogens is 2. The van der Waals surface area contributed by atoms with E-state index >= 15 is 0 Å². The van der Waals surface area contributed by atoms with Gasteiger partial charge in [0.05, 0.1) is 5.69 Å². The number of piperazine rings is 1. The van der Waals surface area contributed by atoms with Gasteiger partial charge in [0.25, 0.3) is 5.91 Å². The third-order valence-electron chi connectivity index (χ3n) is 5.58. The smallest absolute Gasteiger partial charge is 0.271 e. The summed E-state index contributed by atoms with van der Waals surface area (Å²) >= 11 is 0. The summed E-state index contributed by atoms with van der Waals surface area (Å²) in [5, 5.41) is 14.6. The van der Waals surface area contributed by atoms with Crippen LogP contribution in [0.5, 0.6) is 0 Å². The second-order valence-corrected chi connectivity index (χ2v) is 7.86. The van der Waals surface area contributed by atoms with Gasteiger partial charge in [-0.15, -0.1) is 10.2 Å². The third kappa shape index (κ3) is 5.57. The quantitative estimate of drug-likeness (QED) is 0.512. The molecular weight excluding hydrogens is 418 g/mol. The van der Waals surface area contributed by atoms with Crippen LogP contribution in [0.2, 0.25) is 0 Å². The van der Waals surface area contributed by atoms with Gasteiger partial charge in [0.2, 0.25) is 5.91 Å². The van der Waals surface area contributed by atoms with Crippen LogP contribution >= 0.6 is 0 Å². The van der Waals surface area contributed by atoms with Gasteiger partial charge in [0.15, 0.2) is 11.5 Å². The van der Waals surface area contributed by atoms with Crippen molar-refractivity contribution in [2.24, 2.45) is 5.73 Å². The van der Waals surface area contributed by atoms with E-state index in [1.54, 1.807) is 13.0 Å². The number of nitrogens with two attached hydrogens (primary N) is 1. The van der Waals surface area contributed by atoms with Crippen molar-refractivity contribution in [2.45, 2.75) is 13.5 Å². The standard InChI is InChI=1S/C24H27N7O2/c1-17(32)30-11-13-31(14-12-30)20-9-7-19(8-10-20)27-22-15-21(23(24(25)33)29-28-22)26-16-18-5-3-2-4-6-18/h2-10,15H,11-14,16H2,1H3,(H2,25,33)(H2,26,27,28). The van der Waals surface area contributed by atoms with E-state index < -0.39 is 5.91 Å². The summed E-state index contributed by atoms with van der Waals surface area (Å²) in [7, 11) is 0. The zero-order chi connectivity index (χ0) is 23.2. The lowest BCUT2D eigenvalue weighted by molar-refractivity contribution is -0.129. The molecular formula is C24H27N7O2. The predicted molar refractivity (Wildman–Crippen MR) is 129 cm³/mol. The number of primary amides is 1. The highest BCUT2D eigenvalue weighted by Gasteiger charge is 2.19. The second-order valence-electron chi connectivity index (χ2n) is 7.86. The number of hydrogen-bond acceptors (Lipinski definition) is 7. The topological polar surface area (TPSA) is 116 Å². The van der Waals surface area contributed by atoms with E-state index in [2.05, 4.69) is 25.7 Å². The van der Waals surface area contributed by atoms with Crippen LogP contribution in [0.4, 0.5) is 22.9 Å². The maximum atomic E-state index is 11.8. The van der Waals surface area contributed by atoms with Crippen LogP contribution in [-0.4, -0.2) is 53.1 Å². The lowest BCUT2D eigenvalue weighted by atomic mass is 10.2. The Bertz CT molecular complexity index is 1110. The summed E-state index contributed by atoms with van der Waals surface area (Å²) in [5.41, 5.74) is 9.10. The monoisotopic (exact) mass is 445 g/mol. The molecule has 170 valence electrons. The Morgan fingerprint density at radius 1 is 0.970 bits per heavy atom. The van der Waals surface area contributed by atoms with E-state index in [0.717, 1.165) is 43.1 Å². The highest BCUT2D eigenvalue weighted by Crippen LogP contribution is 2.24. The summed E-state index contributed by atoms with van der Waals surface area (Å²) in [6.45, 7) is 5.22. The second kappa shape index (κ2) is 9.99. The minimum absolute atomic E-state index is 0.0940. The number of rotatable bonds is 7. The molecule has 0 unspecified atom stereocenters. The summed E-state index contributed by atoms with van der Waals surface area (Å²) in [4.78, 5) is 27.4. The average Bonchev–Trinajstić information content (AvgIpc) is 2.84. The Morgan fingerprint density at radius 3 is 2.30 bits per heavy atom. The lowest BCUT2D eigenvalue weighted by Gasteiger charge is -2.35. The predicted octanol–water partition coefficient (Wildman–Crippen LogP) is 2.60. The largest absolute Gasteiger partial charge is 0.379 e. The Morgan fingerprint density at radius 2 is 1.67 bits per heavy atom. The zero-order valence-corrected chi connectivity index (χ0v) is 18.5. The molecule has 2 amide bonds. The van der Waals surface area contributed by atoms with Crippen molar-refractivity contribution in [1.29, 1.82) is 0 Å². The molecule has 0 aliphatic carbocycles. The van der Waals surface area contributed by atoms with Crippen LogP contribution in [0.25, 0.3) is 0 Å². The summed E-state index contributed by atoms with van der Waals surface area (Å²) in [6.07, 6.45) is 0. The first kappa shape index (κ1) is 22.1. The Hall–Kier alpha value is -4.14. The number of amides is 2. The van der Waals surface area contributed by atoms with Crippen LogP contribution < -0.4 is 21.3 Å². The molecule has 0 atom stereocenters. The average molecular weight is 446 g/mol. The molecule has 0 radical (unpaired) electrons. The van der Waals surface area contributed by atoms with Crippen molar-refractivity contribution in [3.05, 3.63) is 71.9 Å².